The fourth-order valence-electron chi connectivity index (χ4n) is 1.40. The number of nitrogens with zero attached hydrogens (tertiary/aromatic N) is 2. The van der Waals surface area contributed by atoms with E-state index in [1.54, 1.807) is 18.3 Å². The molecule has 1 heterocycles. The molecule has 16 heavy (non-hydrogen) atoms. The van der Waals surface area contributed by atoms with Crippen LogP contribution in [0.4, 0.5) is 0 Å². The van der Waals surface area contributed by atoms with Crippen molar-refractivity contribution in [2.24, 2.45) is 0 Å². The molecule has 3 nitrogen and oxygen atoms in total. The van der Waals surface area contributed by atoms with Crippen LogP contribution in [0.1, 0.15) is 42.5 Å². The average Bonchev–Trinajstić information content (AvgIpc) is 2.29. The minimum absolute atomic E-state index is 0.0232. The summed E-state index contributed by atoms with van der Waals surface area (Å²) in [6, 6.07) is 5.47. The molecule has 0 atom stereocenters. The first-order valence-corrected chi connectivity index (χ1v) is 5.64. The third-order valence-electron chi connectivity index (χ3n) is 2.25. The number of halogens is 1. The Balaban J connectivity index is 2.36. The molecule has 0 amide bonds. The van der Waals surface area contributed by atoms with E-state index in [4.69, 9.17) is 16.9 Å². The van der Waals surface area contributed by atoms with Crippen molar-refractivity contribution >= 4 is 17.4 Å². The maximum absolute atomic E-state index is 11.7. The normalized spacial score (nSPS) is 9.75. The van der Waals surface area contributed by atoms with Crippen LogP contribution < -0.4 is 0 Å². The van der Waals surface area contributed by atoms with Crippen LogP contribution in [-0.2, 0) is 0 Å². The number of Topliss-reactive ketones (excluding diaryl/α,β-unsaturated/α-hetero) is 1. The standard InChI is InChI=1S/C12H13ClN2O/c13-12-10(6-5-9-15-12)11(16)7-3-1-2-4-8-14/h5-6,9H,1-4,7H2. The number of ketones is 1. The third-order valence-corrected chi connectivity index (χ3v) is 2.55. The lowest BCUT2D eigenvalue weighted by molar-refractivity contribution is 0.0979. The van der Waals surface area contributed by atoms with Crippen molar-refractivity contribution in [2.45, 2.75) is 32.1 Å². The molecule has 1 rings (SSSR count). The molecule has 0 aromatic carbocycles. The Bertz CT molecular complexity index is 398. The molecule has 0 saturated carbocycles. The molecule has 0 bridgehead atoms. The molecule has 0 aliphatic rings. The van der Waals surface area contributed by atoms with Crippen LogP contribution in [0.3, 0.4) is 0 Å². The number of hydrogen-bond acceptors (Lipinski definition) is 3. The summed E-state index contributed by atoms with van der Waals surface area (Å²) in [4.78, 5) is 15.6. The van der Waals surface area contributed by atoms with E-state index in [2.05, 4.69) is 11.1 Å². The predicted molar refractivity (Wildman–Crippen MR) is 62.3 cm³/mol. The molecule has 4 heteroatoms. The molecule has 1 aromatic heterocycles. The largest absolute Gasteiger partial charge is 0.294 e. The van der Waals surface area contributed by atoms with E-state index < -0.39 is 0 Å². The van der Waals surface area contributed by atoms with Gasteiger partial charge in [-0.05, 0) is 25.0 Å². The zero-order chi connectivity index (χ0) is 11.8. The van der Waals surface area contributed by atoms with Crippen LogP contribution >= 0.6 is 11.6 Å². The Morgan fingerprint density at radius 2 is 2.25 bits per heavy atom. The lowest BCUT2D eigenvalue weighted by Crippen LogP contribution is -2.00. The van der Waals surface area contributed by atoms with Crippen molar-refractivity contribution in [1.29, 1.82) is 5.26 Å². The minimum Gasteiger partial charge on any atom is -0.294 e. The predicted octanol–water partition coefficient (Wildman–Crippen LogP) is 3.39. The topological polar surface area (TPSA) is 53.8 Å². The van der Waals surface area contributed by atoms with E-state index in [0.29, 0.717) is 18.4 Å². The van der Waals surface area contributed by atoms with E-state index in [-0.39, 0.29) is 10.9 Å². The summed E-state index contributed by atoms with van der Waals surface area (Å²) in [5.41, 5.74) is 0.490. The van der Waals surface area contributed by atoms with Gasteiger partial charge in [-0.2, -0.15) is 5.26 Å². The van der Waals surface area contributed by atoms with Crippen LogP contribution in [0.5, 0.6) is 0 Å². The fourth-order valence-corrected chi connectivity index (χ4v) is 1.62. The molecule has 0 aliphatic heterocycles. The second-order valence-electron chi connectivity index (χ2n) is 3.48. The van der Waals surface area contributed by atoms with Gasteiger partial charge in [-0.3, -0.25) is 4.79 Å². The van der Waals surface area contributed by atoms with Gasteiger partial charge >= 0.3 is 0 Å². The summed E-state index contributed by atoms with van der Waals surface area (Å²) >= 11 is 5.81. The van der Waals surface area contributed by atoms with Crippen molar-refractivity contribution in [2.75, 3.05) is 0 Å². The van der Waals surface area contributed by atoms with Gasteiger partial charge in [0.05, 0.1) is 11.6 Å². The first-order valence-electron chi connectivity index (χ1n) is 5.26. The highest BCUT2D eigenvalue weighted by Crippen LogP contribution is 2.15. The number of pyridine rings is 1. The number of hydrogen-bond donors (Lipinski definition) is 0. The highest BCUT2D eigenvalue weighted by atomic mass is 35.5. The van der Waals surface area contributed by atoms with Crippen LogP contribution in [0, 0.1) is 11.3 Å². The smallest absolute Gasteiger partial charge is 0.165 e. The summed E-state index contributed by atoms with van der Waals surface area (Å²) in [5, 5.41) is 8.61. The quantitative estimate of drug-likeness (QED) is 0.432. The summed E-state index contributed by atoms with van der Waals surface area (Å²) < 4.78 is 0. The first kappa shape index (κ1) is 12.7. The van der Waals surface area contributed by atoms with Gasteiger partial charge in [-0.1, -0.05) is 18.0 Å². The maximum atomic E-state index is 11.7. The van der Waals surface area contributed by atoms with Crippen LogP contribution in [0.25, 0.3) is 0 Å². The van der Waals surface area contributed by atoms with Crippen molar-refractivity contribution in [3.8, 4) is 6.07 Å². The summed E-state index contributed by atoms with van der Waals surface area (Å²) in [6.45, 7) is 0. The van der Waals surface area contributed by atoms with Gasteiger partial charge in [-0.25, -0.2) is 4.98 Å². The molecular formula is C12H13ClN2O. The molecular weight excluding hydrogens is 224 g/mol. The molecule has 0 aliphatic carbocycles. The number of aromatic nitrogens is 1. The molecule has 84 valence electrons. The van der Waals surface area contributed by atoms with Gasteiger partial charge < -0.3 is 0 Å². The Morgan fingerprint density at radius 3 is 2.94 bits per heavy atom. The molecule has 0 radical (unpaired) electrons. The van der Waals surface area contributed by atoms with Gasteiger partial charge in [0.1, 0.15) is 5.15 Å². The third kappa shape index (κ3) is 4.00. The van der Waals surface area contributed by atoms with E-state index in [0.717, 1.165) is 19.3 Å². The van der Waals surface area contributed by atoms with Gasteiger partial charge in [0.2, 0.25) is 0 Å². The number of rotatable bonds is 6. The molecule has 0 spiro atoms. The van der Waals surface area contributed by atoms with E-state index in [1.165, 1.54) is 0 Å². The average molecular weight is 237 g/mol. The van der Waals surface area contributed by atoms with Crippen molar-refractivity contribution in [3.05, 3.63) is 29.0 Å². The second kappa shape index (κ2) is 6.97. The van der Waals surface area contributed by atoms with Crippen molar-refractivity contribution in [1.82, 2.24) is 4.98 Å². The second-order valence-corrected chi connectivity index (χ2v) is 3.84. The summed E-state index contributed by atoms with van der Waals surface area (Å²) in [5.74, 6) is 0.0232. The van der Waals surface area contributed by atoms with Crippen molar-refractivity contribution in [3.63, 3.8) is 0 Å². The Kier molecular flexibility index (Phi) is 5.52. The van der Waals surface area contributed by atoms with Gasteiger partial charge in [0.15, 0.2) is 5.78 Å². The number of carbonyl (C=O) groups is 1. The van der Waals surface area contributed by atoms with Gasteiger partial charge in [-0.15, -0.1) is 0 Å². The zero-order valence-corrected chi connectivity index (χ0v) is 9.70. The molecule has 0 unspecified atom stereocenters. The van der Waals surface area contributed by atoms with E-state index in [9.17, 15) is 4.79 Å². The SMILES string of the molecule is N#CCCCCCC(=O)c1cccnc1Cl. The molecule has 0 saturated heterocycles. The molecule has 0 N–H and O–H groups in total. The highest BCUT2D eigenvalue weighted by Gasteiger charge is 2.09. The Hall–Kier alpha value is -1.40. The molecule has 0 fully saturated rings. The number of unbranched alkanes of at least 4 members (excludes halogenated alkanes) is 3. The van der Waals surface area contributed by atoms with Crippen molar-refractivity contribution < 1.29 is 4.79 Å². The first-order chi connectivity index (χ1) is 7.75. The number of carbonyl (C=O) groups excluding carboxylic acids is 1. The summed E-state index contributed by atoms with van der Waals surface area (Å²) in [7, 11) is 0. The lowest BCUT2D eigenvalue weighted by Gasteiger charge is -2.01. The fraction of sp³-hybridized carbons (Fsp3) is 0.417. The lowest BCUT2D eigenvalue weighted by atomic mass is 10.1. The number of nitriles is 1. The Morgan fingerprint density at radius 1 is 1.44 bits per heavy atom. The minimum atomic E-state index is 0.0232. The molecule has 1 aromatic rings. The monoisotopic (exact) mass is 236 g/mol. The van der Waals surface area contributed by atoms with Gasteiger partial charge in [0, 0.05) is 19.0 Å². The van der Waals surface area contributed by atoms with Gasteiger partial charge in [0.25, 0.3) is 0 Å². The van der Waals surface area contributed by atoms with Crippen LogP contribution in [-0.4, -0.2) is 10.8 Å². The van der Waals surface area contributed by atoms with E-state index in [1.807, 2.05) is 0 Å². The van der Waals surface area contributed by atoms with E-state index >= 15 is 0 Å². The summed E-state index contributed by atoms with van der Waals surface area (Å²) in [6.07, 6.45) is 5.14. The maximum Gasteiger partial charge on any atom is 0.165 e. The van der Waals surface area contributed by atoms with Crippen LogP contribution in [0.2, 0.25) is 5.15 Å². The highest BCUT2D eigenvalue weighted by molar-refractivity contribution is 6.32. The Labute approximate surface area is 100 Å². The zero-order valence-electron chi connectivity index (χ0n) is 8.95. The van der Waals surface area contributed by atoms with Crippen LogP contribution in [0.15, 0.2) is 18.3 Å².